The van der Waals surface area contributed by atoms with Crippen LogP contribution in [0.4, 0.5) is 31.1 Å². The molecule has 2 unspecified atom stereocenters. The number of halogens is 6. The highest BCUT2D eigenvalue weighted by atomic mass is 19.4. The number of hydrogen-bond donors (Lipinski definition) is 1. The number of rotatable bonds is 5. The minimum atomic E-state index is -5.73. The Labute approximate surface area is 228 Å². The van der Waals surface area contributed by atoms with Gasteiger partial charge in [-0.15, -0.1) is 0 Å². The summed E-state index contributed by atoms with van der Waals surface area (Å²) in [5.74, 6) is 0.131. The van der Waals surface area contributed by atoms with Gasteiger partial charge in [-0.05, 0) is 56.9 Å². The lowest BCUT2D eigenvalue weighted by atomic mass is 9.88. The molecule has 220 valence electrons. The Bertz CT molecular complexity index is 1200. The van der Waals surface area contributed by atoms with Gasteiger partial charge in [0.15, 0.2) is 0 Å². The Morgan fingerprint density at radius 2 is 1.73 bits per heavy atom. The first-order valence-electron chi connectivity index (χ1n) is 12.8. The van der Waals surface area contributed by atoms with Gasteiger partial charge in [0.1, 0.15) is 11.4 Å². The molecule has 2 aromatic rings. The van der Waals surface area contributed by atoms with E-state index in [9.17, 15) is 31.1 Å². The van der Waals surface area contributed by atoms with Crippen LogP contribution in [0.1, 0.15) is 61.9 Å². The summed E-state index contributed by atoms with van der Waals surface area (Å²) in [4.78, 5) is 14.7. The molecule has 0 bridgehead atoms. The number of fused-ring (bicyclic) bond motifs is 1. The fourth-order valence-corrected chi connectivity index (χ4v) is 5.37. The number of piperidine rings is 1. The van der Waals surface area contributed by atoms with Crippen molar-refractivity contribution < 1.29 is 45.3 Å². The van der Waals surface area contributed by atoms with Crippen LogP contribution >= 0.6 is 0 Å². The summed E-state index contributed by atoms with van der Waals surface area (Å²) in [5.41, 5.74) is -5.49. The maximum atomic E-state index is 13.9. The van der Waals surface area contributed by atoms with Crippen LogP contribution in [0.15, 0.2) is 42.5 Å². The number of carbonyl (C=O) groups excluding carboxylic acids is 1. The van der Waals surface area contributed by atoms with Gasteiger partial charge >= 0.3 is 18.4 Å². The van der Waals surface area contributed by atoms with Crippen molar-refractivity contribution in [1.82, 2.24) is 10.2 Å². The van der Waals surface area contributed by atoms with Crippen molar-refractivity contribution in [2.75, 3.05) is 13.7 Å². The fourth-order valence-electron chi connectivity index (χ4n) is 5.37. The van der Waals surface area contributed by atoms with Gasteiger partial charge in [-0.2, -0.15) is 26.3 Å². The molecule has 0 radical (unpaired) electrons. The fraction of sp³-hybridized carbons (Fsp3) is 0.536. The van der Waals surface area contributed by atoms with Crippen molar-refractivity contribution in [2.24, 2.45) is 0 Å². The Morgan fingerprint density at radius 1 is 1.07 bits per heavy atom. The highest BCUT2D eigenvalue weighted by molar-refractivity contribution is 5.69. The summed E-state index contributed by atoms with van der Waals surface area (Å²) in [6.07, 6.45) is -10.8. The average molecular weight is 575 g/mol. The van der Waals surface area contributed by atoms with Crippen LogP contribution in [0.5, 0.6) is 5.75 Å². The molecule has 2 aromatic carbocycles. The third kappa shape index (κ3) is 5.60. The lowest BCUT2D eigenvalue weighted by Gasteiger charge is -2.42. The first-order chi connectivity index (χ1) is 18.6. The third-order valence-electron chi connectivity index (χ3n) is 7.08. The van der Waals surface area contributed by atoms with Crippen LogP contribution in [0.25, 0.3) is 0 Å². The van der Waals surface area contributed by atoms with Crippen LogP contribution in [0.2, 0.25) is 0 Å². The van der Waals surface area contributed by atoms with Crippen molar-refractivity contribution >= 4 is 6.09 Å². The van der Waals surface area contributed by atoms with Crippen molar-refractivity contribution in [3.05, 3.63) is 64.7 Å². The lowest BCUT2D eigenvalue weighted by Crippen LogP contribution is -2.53. The van der Waals surface area contributed by atoms with Gasteiger partial charge in [-0.3, -0.25) is 4.90 Å². The molecule has 2 aliphatic heterocycles. The molecule has 6 nitrogen and oxygen atoms in total. The van der Waals surface area contributed by atoms with Crippen LogP contribution < -0.4 is 10.1 Å². The SMILES string of the molecule is COc1cc2c(cc1CNC1CCCN(C(=O)OC(C)(C)C)C1c1ccccc1)C(C(F)(F)F)(C(F)(F)F)OC2. The molecule has 2 aliphatic rings. The largest absolute Gasteiger partial charge is 0.496 e. The van der Waals surface area contributed by atoms with Crippen molar-refractivity contribution in [1.29, 1.82) is 0 Å². The second kappa shape index (κ2) is 10.8. The number of methoxy groups -OCH3 is 1. The molecule has 4 rings (SSSR count). The topological polar surface area (TPSA) is 60.0 Å². The molecule has 0 aromatic heterocycles. The highest BCUT2D eigenvalue weighted by Gasteiger charge is 2.75. The number of alkyl halides is 6. The minimum Gasteiger partial charge on any atom is -0.496 e. The Morgan fingerprint density at radius 3 is 2.30 bits per heavy atom. The van der Waals surface area contributed by atoms with Gasteiger partial charge in [0.25, 0.3) is 5.60 Å². The maximum absolute atomic E-state index is 13.9. The Balaban J connectivity index is 1.68. The number of nitrogens with zero attached hydrogens (tertiary/aromatic N) is 1. The quantitative estimate of drug-likeness (QED) is 0.399. The van der Waals surface area contributed by atoms with E-state index >= 15 is 0 Å². The highest BCUT2D eigenvalue weighted by Crippen LogP contribution is 2.57. The molecule has 1 amide bonds. The normalized spacial score (nSPS) is 21.2. The van der Waals surface area contributed by atoms with Crippen LogP contribution in [-0.4, -0.2) is 48.6 Å². The second-order valence-corrected chi connectivity index (χ2v) is 10.9. The average Bonchev–Trinajstić information content (AvgIpc) is 3.26. The van der Waals surface area contributed by atoms with E-state index in [1.165, 1.54) is 7.11 Å². The Hall–Kier alpha value is -2.99. The number of carbonyl (C=O) groups is 1. The van der Waals surface area contributed by atoms with E-state index in [0.29, 0.717) is 19.4 Å². The lowest BCUT2D eigenvalue weighted by molar-refractivity contribution is -0.385. The molecule has 1 fully saturated rings. The van der Waals surface area contributed by atoms with Crippen molar-refractivity contribution in [3.8, 4) is 5.75 Å². The van der Waals surface area contributed by atoms with Crippen LogP contribution in [0.3, 0.4) is 0 Å². The molecular weight excluding hydrogens is 542 g/mol. The molecule has 40 heavy (non-hydrogen) atoms. The van der Waals surface area contributed by atoms with E-state index in [-0.39, 0.29) is 29.5 Å². The summed E-state index contributed by atoms with van der Waals surface area (Å²) >= 11 is 0. The van der Waals surface area contributed by atoms with Gasteiger partial charge in [0.05, 0.1) is 19.8 Å². The van der Waals surface area contributed by atoms with Crippen LogP contribution in [0, 0.1) is 0 Å². The molecule has 2 heterocycles. The van der Waals surface area contributed by atoms with E-state index in [0.717, 1.165) is 17.7 Å². The van der Waals surface area contributed by atoms with Gasteiger partial charge in [-0.1, -0.05) is 30.3 Å². The molecule has 0 aliphatic carbocycles. The van der Waals surface area contributed by atoms with Crippen LogP contribution in [-0.2, 0) is 28.2 Å². The summed E-state index contributed by atoms with van der Waals surface area (Å²) in [5, 5.41) is 3.27. The molecular formula is C28H32F6N2O4. The van der Waals surface area contributed by atoms with Gasteiger partial charge in [0, 0.05) is 30.3 Å². The predicted octanol–water partition coefficient (Wildman–Crippen LogP) is 6.78. The molecule has 0 saturated carbocycles. The minimum absolute atomic E-state index is 0.103. The van der Waals surface area contributed by atoms with Crippen molar-refractivity contribution in [2.45, 2.75) is 82.4 Å². The number of nitrogens with one attached hydrogen (secondary N) is 1. The first-order valence-corrected chi connectivity index (χ1v) is 12.8. The Kier molecular flexibility index (Phi) is 8.07. The van der Waals surface area contributed by atoms with Gasteiger partial charge < -0.3 is 19.5 Å². The number of hydrogen-bond acceptors (Lipinski definition) is 5. The number of likely N-dealkylation sites (tertiary alicyclic amines) is 1. The maximum Gasteiger partial charge on any atom is 0.430 e. The molecule has 12 heteroatoms. The van der Waals surface area contributed by atoms with Crippen molar-refractivity contribution in [3.63, 3.8) is 0 Å². The molecule has 1 saturated heterocycles. The third-order valence-corrected chi connectivity index (χ3v) is 7.08. The molecule has 1 N–H and O–H groups in total. The second-order valence-electron chi connectivity index (χ2n) is 10.9. The van der Waals surface area contributed by atoms with Gasteiger partial charge in [-0.25, -0.2) is 4.79 Å². The van der Waals surface area contributed by atoms with E-state index in [2.05, 4.69) is 10.1 Å². The zero-order valence-corrected chi connectivity index (χ0v) is 22.6. The number of ether oxygens (including phenoxy) is 3. The van der Waals surface area contributed by atoms with E-state index in [1.807, 2.05) is 30.3 Å². The molecule has 0 spiro atoms. The predicted molar refractivity (Wildman–Crippen MR) is 134 cm³/mol. The van der Waals surface area contributed by atoms with E-state index in [4.69, 9.17) is 9.47 Å². The summed E-state index contributed by atoms with van der Waals surface area (Å²) in [7, 11) is 1.29. The monoisotopic (exact) mass is 574 g/mol. The standard InChI is InChI=1S/C28H32F6N2O4/c1-25(2,3)40-24(37)36-12-8-11-21(23(36)17-9-6-5-7-10-17)35-15-18-13-20-19(14-22(18)38-4)16-39-26(20,27(29,30)31)28(32,33)34/h5-7,9-10,13-14,21,23,35H,8,11-12,15-16H2,1-4H3. The first kappa shape index (κ1) is 30.0. The van der Waals surface area contributed by atoms with Gasteiger partial charge in [0.2, 0.25) is 0 Å². The van der Waals surface area contributed by atoms with E-state index < -0.39 is 47.9 Å². The summed E-state index contributed by atoms with van der Waals surface area (Å²) in [6, 6.07) is 10.3. The zero-order valence-electron chi connectivity index (χ0n) is 22.6. The zero-order chi connectivity index (χ0) is 29.5. The summed E-state index contributed by atoms with van der Waals surface area (Å²) < 4.78 is 98.9. The van der Waals surface area contributed by atoms with E-state index in [1.54, 1.807) is 25.7 Å². The number of amides is 1. The molecule has 2 atom stereocenters. The number of benzene rings is 2. The smallest absolute Gasteiger partial charge is 0.430 e. The summed E-state index contributed by atoms with van der Waals surface area (Å²) in [6.45, 7) is 4.72.